The summed E-state index contributed by atoms with van der Waals surface area (Å²) in [7, 11) is 1.66. The van der Waals surface area contributed by atoms with E-state index < -0.39 is 5.72 Å². The van der Waals surface area contributed by atoms with E-state index in [0.717, 1.165) is 23.4 Å². The highest BCUT2D eigenvalue weighted by Gasteiger charge is 2.51. The maximum atomic E-state index is 6.53. The predicted molar refractivity (Wildman–Crippen MR) is 106 cm³/mol. The van der Waals surface area contributed by atoms with Crippen LogP contribution in [0.25, 0.3) is 0 Å². The van der Waals surface area contributed by atoms with Gasteiger partial charge in [0.1, 0.15) is 0 Å². The van der Waals surface area contributed by atoms with Gasteiger partial charge in [0, 0.05) is 22.7 Å². The van der Waals surface area contributed by atoms with Crippen LogP contribution < -0.4 is 0 Å². The number of fused-ring (bicyclic) bond motifs is 3. The van der Waals surface area contributed by atoms with Crippen molar-refractivity contribution in [2.75, 3.05) is 20.2 Å². The van der Waals surface area contributed by atoms with E-state index in [1.165, 1.54) is 0 Å². The van der Waals surface area contributed by atoms with Crippen LogP contribution in [0.3, 0.4) is 0 Å². The molecule has 0 aromatic heterocycles. The second kappa shape index (κ2) is 7.78. The maximum Gasteiger partial charge on any atom is 0.202 e. The Morgan fingerprint density at radius 3 is 2.62 bits per heavy atom. The number of aliphatic imine (C=N–C) groups is 1. The Kier molecular flexibility index (Phi) is 5.66. The molecule has 5 heteroatoms. The van der Waals surface area contributed by atoms with E-state index in [1.807, 2.05) is 50.2 Å². The first kappa shape index (κ1) is 18.9. The molecule has 0 radical (unpaired) electrons. The molecule has 0 amide bonds. The van der Waals surface area contributed by atoms with E-state index >= 15 is 0 Å². The summed E-state index contributed by atoms with van der Waals surface area (Å²) in [5, 5.41) is 0.670. The number of ether oxygens (including phenoxy) is 2. The van der Waals surface area contributed by atoms with Gasteiger partial charge in [-0.25, -0.2) is 4.99 Å². The van der Waals surface area contributed by atoms with Gasteiger partial charge in [-0.05, 0) is 25.1 Å². The molecular formula is C21H25ClN2O2. The van der Waals surface area contributed by atoms with Crippen molar-refractivity contribution < 1.29 is 9.47 Å². The Balaban J connectivity index is 0.000000948. The van der Waals surface area contributed by atoms with Gasteiger partial charge in [0.25, 0.3) is 0 Å². The number of benzene rings is 2. The summed E-state index contributed by atoms with van der Waals surface area (Å²) in [6.07, 6.45) is 0.0910. The van der Waals surface area contributed by atoms with Crippen molar-refractivity contribution in [3.8, 4) is 0 Å². The predicted octanol–water partition coefficient (Wildman–Crippen LogP) is 4.98. The second-order valence-corrected chi connectivity index (χ2v) is 6.63. The highest BCUT2D eigenvalue weighted by atomic mass is 35.5. The van der Waals surface area contributed by atoms with Crippen LogP contribution in [0.2, 0.25) is 5.02 Å². The quantitative estimate of drug-likeness (QED) is 0.708. The van der Waals surface area contributed by atoms with Gasteiger partial charge in [-0.1, -0.05) is 55.8 Å². The summed E-state index contributed by atoms with van der Waals surface area (Å²) in [6, 6.07) is 16.0. The third-order valence-electron chi connectivity index (χ3n) is 4.59. The first-order valence-corrected chi connectivity index (χ1v) is 9.41. The molecule has 0 N–H and O–H groups in total. The Hall–Kier alpha value is -1.88. The highest BCUT2D eigenvalue weighted by molar-refractivity contribution is 6.30. The molecule has 0 saturated carbocycles. The Labute approximate surface area is 160 Å². The van der Waals surface area contributed by atoms with Gasteiger partial charge in [0.2, 0.25) is 5.90 Å². The molecule has 0 spiro atoms. The number of nitrogens with zero attached hydrogens (tertiary/aromatic N) is 2. The zero-order valence-corrected chi connectivity index (χ0v) is 16.5. The van der Waals surface area contributed by atoms with Crippen LogP contribution in [0.4, 0.5) is 5.69 Å². The number of halogens is 1. The minimum atomic E-state index is -0.704. The summed E-state index contributed by atoms with van der Waals surface area (Å²) in [6.45, 7) is 7.47. The molecule has 2 heterocycles. The first-order valence-electron chi connectivity index (χ1n) is 9.03. The summed E-state index contributed by atoms with van der Waals surface area (Å²) >= 11 is 6.32. The van der Waals surface area contributed by atoms with Crippen molar-refractivity contribution in [3.63, 3.8) is 0 Å². The zero-order valence-electron chi connectivity index (χ0n) is 15.7. The van der Waals surface area contributed by atoms with Gasteiger partial charge < -0.3 is 9.47 Å². The van der Waals surface area contributed by atoms with Crippen LogP contribution in [-0.4, -0.2) is 37.1 Å². The molecular weight excluding hydrogens is 348 g/mol. The van der Waals surface area contributed by atoms with Gasteiger partial charge in [0.05, 0.1) is 25.4 Å². The first-order chi connectivity index (χ1) is 12.6. The lowest BCUT2D eigenvalue weighted by molar-refractivity contribution is -0.0684. The van der Waals surface area contributed by atoms with Gasteiger partial charge in [-0.3, -0.25) is 4.90 Å². The molecule has 1 fully saturated rings. The largest absolute Gasteiger partial charge is 0.483 e. The average Bonchev–Trinajstić information content (AvgIpc) is 2.95. The van der Waals surface area contributed by atoms with Crippen molar-refractivity contribution in [2.45, 2.75) is 32.6 Å². The third kappa shape index (κ3) is 3.13. The molecule has 2 atom stereocenters. The molecule has 2 aromatic rings. The molecule has 4 rings (SSSR count). The smallest absolute Gasteiger partial charge is 0.202 e. The maximum absolute atomic E-state index is 6.53. The normalized spacial score (nSPS) is 24.5. The number of methoxy groups -OCH3 is 1. The molecule has 2 aromatic carbocycles. The summed E-state index contributed by atoms with van der Waals surface area (Å²) < 4.78 is 12.0. The minimum absolute atomic E-state index is 0.0910. The van der Waals surface area contributed by atoms with Crippen LogP contribution in [0.15, 0.2) is 53.5 Å². The fourth-order valence-electron chi connectivity index (χ4n) is 3.64. The van der Waals surface area contributed by atoms with Crippen molar-refractivity contribution in [1.29, 1.82) is 0 Å². The molecule has 2 aliphatic rings. The zero-order chi connectivity index (χ0) is 18.7. The number of rotatable bonds is 1. The number of hydrogen-bond acceptors (Lipinski definition) is 4. The lowest BCUT2D eigenvalue weighted by Gasteiger charge is -2.37. The SMILES string of the molecule is CC.COC1=Nc2ccc(Cl)cc2C2(c3ccccc3)OC(C)CN2C1. The number of hydrogen-bond donors (Lipinski definition) is 0. The van der Waals surface area contributed by atoms with E-state index in [-0.39, 0.29) is 6.10 Å². The highest BCUT2D eigenvalue weighted by Crippen LogP contribution is 2.48. The molecule has 1 saturated heterocycles. The van der Waals surface area contributed by atoms with Crippen molar-refractivity contribution in [1.82, 2.24) is 4.90 Å². The Bertz CT molecular complexity index is 794. The lowest BCUT2D eigenvalue weighted by atomic mass is 9.92. The Morgan fingerprint density at radius 2 is 1.92 bits per heavy atom. The van der Waals surface area contributed by atoms with E-state index in [2.05, 4.69) is 24.0 Å². The summed E-state index contributed by atoms with van der Waals surface area (Å²) in [5.41, 5.74) is 2.16. The minimum Gasteiger partial charge on any atom is -0.483 e. The van der Waals surface area contributed by atoms with Gasteiger partial charge in [-0.15, -0.1) is 0 Å². The van der Waals surface area contributed by atoms with Gasteiger partial charge in [0.15, 0.2) is 5.72 Å². The van der Waals surface area contributed by atoms with Crippen LogP contribution in [0.1, 0.15) is 31.9 Å². The molecule has 138 valence electrons. The molecule has 0 bridgehead atoms. The molecule has 0 aliphatic carbocycles. The average molecular weight is 373 g/mol. The summed E-state index contributed by atoms with van der Waals surface area (Å²) in [5.74, 6) is 0.675. The molecule has 2 unspecified atom stereocenters. The molecule has 26 heavy (non-hydrogen) atoms. The fourth-order valence-corrected chi connectivity index (χ4v) is 3.81. The van der Waals surface area contributed by atoms with E-state index in [9.17, 15) is 0 Å². The molecule has 4 nitrogen and oxygen atoms in total. The van der Waals surface area contributed by atoms with Gasteiger partial charge >= 0.3 is 0 Å². The topological polar surface area (TPSA) is 34.1 Å². The van der Waals surface area contributed by atoms with Crippen molar-refractivity contribution >= 4 is 23.2 Å². The van der Waals surface area contributed by atoms with Crippen LogP contribution in [-0.2, 0) is 15.2 Å². The molecule has 2 aliphatic heterocycles. The van der Waals surface area contributed by atoms with E-state index in [4.69, 9.17) is 26.1 Å². The third-order valence-corrected chi connectivity index (χ3v) is 4.83. The standard InChI is InChI=1S/C19H19ClN2O2.C2H6/c1-13-11-22-12-18(23-2)21-17-9-8-15(20)10-16(17)19(22,24-13)14-6-4-3-5-7-14;1-2/h3-10,13H,11-12H2,1-2H3;1-2H3. The van der Waals surface area contributed by atoms with Crippen LogP contribution in [0, 0.1) is 0 Å². The van der Waals surface area contributed by atoms with E-state index in [1.54, 1.807) is 7.11 Å². The fraction of sp³-hybridized carbons (Fsp3) is 0.381. The lowest BCUT2D eigenvalue weighted by Crippen LogP contribution is -2.45. The van der Waals surface area contributed by atoms with E-state index in [0.29, 0.717) is 17.5 Å². The van der Waals surface area contributed by atoms with Crippen LogP contribution in [0.5, 0.6) is 0 Å². The van der Waals surface area contributed by atoms with Crippen molar-refractivity contribution in [2.24, 2.45) is 4.99 Å². The van der Waals surface area contributed by atoms with Crippen LogP contribution >= 0.6 is 11.6 Å². The summed E-state index contributed by atoms with van der Waals surface area (Å²) in [4.78, 5) is 6.97. The van der Waals surface area contributed by atoms with Crippen molar-refractivity contribution in [3.05, 3.63) is 64.7 Å². The van der Waals surface area contributed by atoms with Gasteiger partial charge in [-0.2, -0.15) is 0 Å². The second-order valence-electron chi connectivity index (χ2n) is 6.19. The Morgan fingerprint density at radius 1 is 1.19 bits per heavy atom. The monoisotopic (exact) mass is 372 g/mol.